The van der Waals surface area contributed by atoms with Gasteiger partial charge in [0.2, 0.25) is 11.8 Å². The summed E-state index contributed by atoms with van der Waals surface area (Å²) in [5, 5.41) is 3.51. The highest BCUT2D eigenvalue weighted by Crippen LogP contribution is 2.31. The lowest BCUT2D eigenvalue weighted by Crippen LogP contribution is -2.52. The molecule has 0 radical (unpaired) electrons. The van der Waals surface area contributed by atoms with E-state index < -0.39 is 11.9 Å². The Hall–Kier alpha value is -3.82. The quantitative estimate of drug-likeness (QED) is 0.465. The van der Waals surface area contributed by atoms with Crippen molar-refractivity contribution in [3.8, 4) is 5.75 Å². The van der Waals surface area contributed by atoms with Crippen LogP contribution in [0.15, 0.2) is 48.5 Å². The molecule has 3 saturated heterocycles. The number of amides is 3. The zero-order valence-corrected chi connectivity index (χ0v) is 23.0. The number of piperidine rings is 1. The Bertz CT molecular complexity index is 1520. The van der Waals surface area contributed by atoms with Crippen LogP contribution in [0.2, 0.25) is 0 Å². The molecule has 2 aromatic carbocycles. The molecule has 0 aliphatic carbocycles. The maximum atomic E-state index is 13.0. The summed E-state index contributed by atoms with van der Waals surface area (Å²) >= 11 is 0. The van der Waals surface area contributed by atoms with Crippen LogP contribution in [-0.2, 0) is 27.4 Å². The lowest BCUT2D eigenvalue weighted by molar-refractivity contribution is -0.136. The van der Waals surface area contributed by atoms with Gasteiger partial charge in [-0.1, -0.05) is 12.1 Å². The second kappa shape index (κ2) is 10.9. The number of hydrogen-bond acceptors (Lipinski definition) is 7. The van der Waals surface area contributed by atoms with Crippen molar-refractivity contribution >= 4 is 28.6 Å². The summed E-state index contributed by atoms with van der Waals surface area (Å²) in [6.45, 7) is 4.60. The number of rotatable bonds is 6. The SMILES string of the molecule is O=C1CCC(N2Cc3cc(O[C@H]4CCN(Cc5ccc6nc([C@@H]7CCCOC7)ccc6c5)C4)ccc3C2=O)C(=O)N1. The second-order valence-electron chi connectivity index (χ2n) is 11.7. The molecule has 0 spiro atoms. The molecule has 1 N–H and O–H groups in total. The molecule has 0 saturated carbocycles. The smallest absolute Gasteiger partial charge is 0.255 e. The normalized spacial score (nSPS) is 25.0. The Balaban J connectivity index is 0.960. The van der Waals surface area contributed by atoms with Crippen LogP contribution < -0.4 is 10.1 Å². The molecule has 4 aliphatic rings. The topological polar surface area (TPSA) is 101 Å². The van der Waals surface area contributed by atoms with E-state index in [1.807, 2.05) is 12.1 Å². The van der Waals surface area contributed by atoms with Gasteiger partial charge in [-0.2, -0.15) is 0 Å². The molecule has 1 unspecified atom stereocenters. The molecule has 7 rings (SSSR count). The molecule has 3 amide bonds. The van der Waals surface area contributed by atoms with Crippen LogP contribution in [-0.4, -0.2) is 71.0 Å². The molecule has 3 aromatic rings. The third-order valence-corrected chi connectivity index (χ3v) is 8.79. The van der Waals surface area contributed by atoms with Gasteiger partial charge in [0, 0.05) is 61.8 Å². The van der Waals surface area contributed by atoms with Crippen LogP contribution in [0, 0.1) is 0 Å². The molecule has 9 nitrogen and oxygen atoms in total. The fourth-order valence-electron chi connectivity index (χ4n) is 6.60. The number of pyridine rings is 1. The Kier molecular flexibility index (Phi) is 6.92. The summed E-state index contributed by atoms with van der Waals surface area (Å²) in [6.07, 6.45) is 3.84. The minimum Gasteiger partial charge on any atom is -0.489 e. The molecule has 9 heteroatoms. The van der Waals surface area contributed by atoms with E-state index in [9.17, 15) is 14.4 Å². The van der Waals surface area contributed by atoms with Gasteiger partial charge >= 0.3 is 0 Å². The number of aromatic nitrogens is 1. The van der Waals surface area contributed by atoms with E-state index in [4.69, 9.17) is 14.5 Å². The molecule has 3 fully saturated rings. The maximum Gasteiger partial charge on any atom is 0.255 e. The van der Waals surface area contributed by atoms with Gasteiger partial charge in [-0.05, 0) is 73.2 Å². The summed E-state index contributed by atoms with van der Waals surface area (Å²) in [6, 6.07) is 15.8. The number of nitrogens with zero attached hydrogens (tertiary/aromatic N) is 3. The largest absolute Gasteiger partial charge is 0.489 e. The highest BCUT2D eigenvalue weighted by Gasteiger charge is 2.39. The Morgan fingerprint density at radius 2 is 1.95 bits per heavy atom. The van der Waals surface area contributed by atoms with Crippen LogP contribution in [0.3, 0.4) is 0 Å². The number of fused-ring (bicyclic) bond motifs is 2. The molecule has 0 bridgehead atoms. The minimum atomic E-state index is -0.611. The van der Waals surface area contributed by atoms with Gasteiger partial charge in [-0.3, -0.25) is 29.6 Å². The van der Waals surface area contributed by atoms with E-state index in [0.717, 1.165) is 80.0 Å². The first-order valence-corrected chi connectivity index (χ1v) is 14.6. The number of carbonyl (C=O) groups excluding carboxylic acids is 3. The van der Waals surface area contributed by atoms with Crippen molar-refractivity contribution in [2.75, 3.05) is 26.3 Å². The van der Waals surface area contributed by atoms with Crippen LogP contribution in [0.1, 0.15) is 65.2 Å². The van der Waals surface area contributed by atoms with Gasteiger partial charge in [0.15, 0.2) is 0 Å². The van der Waals surface area contributed by atoms with E-state index in [1.165, 1.54) is 5.56 Å². The molecule has 5 heterocycles. The third kappa shape index (κ3) is 5.31. The van der Waals surface area contributed by atoms with Gasteiger partial charge in [-0.15, -0.1) is 0 Å². The fraction of sp³-hybridized carbons (Fsp3) is 0.438. The van der Waals surface area contributed by atoms with Gasteiger partial charge in [-0.25, -0.2) is 0 Å². The monoisotopic (exact) mass is 554 g/mol. The van der Waals surface area contributed by atoms with E-state index in [1.54, 1.807) is 11.0 Å². The summed E-state index contributed by atoms with van der Waals surface area (Å²) in [5.74, 6) is 0.285. The highest BCUT2D eigenvalue weighted by molar-refractivity contribution is 6.05. The van der Waals surface area contributed by atoms with Crippen molar-refractivity contribution in [3.63, 3.8) is 0 Å². The van der Waals surface area contributed by atoms with E-state index in [-0.39, 0.29) is 24.3 Å². The molecule has 4 aliphatic heterocycles. The lowest BCUT2D eigenvalue weighted by Gasteiger charge is -2.29. The zero-order chi connectivity index (χ0) is 27.9. The molecule has 212 valence electrons. The van der Waals surface area contributed by atoms with E-state index in [2.05, 4.69) is 40.5 Å². The minimum absolute atomic E-state index is 0.0683. The van der Waals surface area contributed by atoms with Crippen molar-refractivity contribution in [2.45, 2.75) is 63.3 Å². The summed E-state index contributed by atoms with van der Waals surface area (Å²) in [4.78, 5) is 45.7. The number of hydrogen-bond donors (Lipinski definition) is 1. The van der Waals surface area contributed by atoms with Crippen molar-refractivity contribution in [2.24, 2.45) is 0 Å². The summed E-state index contributed by atoms with van der Waals surface area (Å²) in [7, 11) is 0. The first-order chi connectivity index (χ1) is 20.0. The lowest BCUT2D eigenvalue weighted by atomic mass is 9.97. The Labute approximate surface area is 238 Å². The first-order valence-electron chi connectivity index (χ1n) is 14.6. The van der Waals surface area contributed by atoms with E-state index >= 15 is 0 Å². The molecule has 1 aromatic heterocycles. The standard InChI is InChI=1S/C32H34N4O5/c37-30-10-9-29(31(38)34-30)36-17-23-15-24(5-6-26(23)32(36)39)41-25-11-12-35(18-25)16-20-3-7-27-21(14-20)4-8-28(33-27)22-2-1-13-40-19-22/h3-8,14-15,22,25,29H,1-2,9-13,16-19H2,(H,34,37,38)/t22-,25+,29?/m1/s1. The molecule has 3 atom stereocenters. The number of carbonyl (C=O) groups is 3. The van der Waals surface area contributed by atoms with Crippen molar-refractivity contribution < 1.29 is 23.9 Å². The average molecular weight is 555 g/mol. The Morgan fingerprint density at radius 3 is 2.80 bits per heavy atom. The number of likely N-dealkylation sites (tertiary alicyclic amines) is 1. The van der Waals surface area contributed by atoms with Crippen LogP contribution in [0.5, 0.6) is 5.75 Å². The van der Waals surface area contributed by atoms with Crippen molar-refractivity contribution in [1.29, 1.82) is 0 Å². The predicted molar refractivity (Wildman–Crippen MR) is 151 cm³/mol. The highest BCUT2D eigenvalue weighted by atomic mass is 16.5. The molecule has 41 heavy (non-hydrogen) atoms. The van der Waals surface area contributed by atoms with Gasteiger partial charge < -0.3 is 14.4 Å². The van der Waals surface area contributed by atoms with E-state index in [0.29, 0.717) is 24.4 Å². The fourth-order valence-corrected chi connectivity index (χ4v) is 6.60. The second-order valence-corrected chi connectivity index (χ2v) is 11.7. The first kappa shape index (κ1) is 26.1. The zero-order valence-electron chi connectivity index (χ0n) is 23.0. The van der Waals surface area contributed by atoms with Crippen LogP contribution >= 0.6 is 0 Å². The molecular weight excluding hydrogens is 520 g/mol. The maximum absolute atomic E-state index is 13.0. The van der Waals surface area contributed by atoms with Gasteiger partial charge in [0.05, 0.1) is 12.1 Å². The van der Waals surface area contributed by atoms with Gasteiger partial charge in [0.25, 0.3) is 5.91 Å². The third-order valence-electron chi connectivity index (χ3n) is 8.79. The number of imide groups is 1. The van der Waals surface area contributed by atoms with Gasteiger partial charge in [0.1, 0.15) is 17.9 Å². The number of ether oxygens (including phenoxy) is 2. The number of nitrogens with one attached hydrogen (secondary N) is 1. The van der Waals surface area contributed by atoms with Crippen LogP contribution in [0.4, 0.5) is 0 Å². The molecular formula is C32H34N4O5. The summed E-state index contributed by atoms with van der Waals surface area (Å²) < 4.78 is 12.0. The van der Waals surface area contributed by atoms with Crippen molar-refractivity contribution in [3.05, 3.63) is 70.9 Å². The Morgan fingerprint density at radius 1 is 1.02 bits per heavy atom. The van der Waals surface area contributed by atoms with Crippen molar-refractivity contribution in [1.82, 2.24) is 20.1 Å². The number of benzene rings is 2. The van der Waals surface area contributed by atoms with Crippen LogP contribution in [0.25, 0.3) is 10.9 Å². The predicted octanol–water partition coefficient (Wildman–Crippen LogP) is 3.54. The average Bonchev–Trinajstić information content (AvgIpc) is 3.56. The summed E-state index contributed by atoms with van der Waals surface area (Å²) in [5.41, 5.74) is 4.88.